The van der Waals surface area contributed by atoms with E-state index < -0.39 is 18.6 Å². The molecule has 0 spiro atoms. The monoisotopic (exact) mass is 358 g/mol. The minimum Gasteiger partial charge on any atom is -0.360 e. The van der Waals surface area contributed by atoms with Gasteiger partial charge < -0.3 is 10.6 Å². The maximum atomic E-state index is 12.1. The number of alkyl halides is 3. The number of fused-ring (bicyclic) bond motifs is 3. The summed E-state index contributed by atoms with van der Waals surface area (Å²) >= 11 is 1.63. The number of nitrogens with one attached hydrogen (secondary N) is 2. The zero-order valence-electron chi connectivity index (χ0n) is 13.0. The number of carbonyl (C=O) groups is 1. The number of hydrogen-bond acceptors (Lipinski definition) is 5. The van der Waals surface area contributed by atoms with Crippen LogP contribution in [-0.2, 0) is 17.6 Å². The van der Waals surface area contributed by atoms with Gasteiger partial charge in [-0.15, -0.1) is 11.3 Å². The molecule has 1 atom stereocenters. The molecule has 2 heterocycles. The van der Waals surface area contributed by atoms with Gasteiger partial charge in [-0.3, -0.25) is 4.79 Å². The molecule has 0 saturated carbocycles. The van der Waals surface area contributed by atoms with Crippen LogP contribution in [0.4, 0.5) is 19.0 Å². The van der Waals surface area contributed by atoms with Crippen molar-refractivity contribution >= 4 is 33.3 Å². The quantitative estimate of drug-likeness (QED) is 0.882. The minimum absolute atomic E-state index is 0.261. The predicted molar refractivity (Wildman–Crippen MR) is 86.2 cm³/mol. The fourth-order valence-electron chi connectivity index (χ4n) is 2.83. The summed E-state index contributed by atoms with van der Waals surface area (Å²) < 4.78 is 36.3. The molecular weight excluding hydrogens is 341 g/mol. The SMILES string of the molecule is C[C@H]1CCc2c(sc3ncnc(NCC(=O)NCC(F)(F)F)c23)C1. The highest BCUT2D eigenvalue weighted by Gasteiger charge is 2.28. The van der Waals surface area contributed by atoms with Gasteiger partial charge in [0.1, 0.15) is 23.5 Å². The molecule has 24 heavy (non-hydrogen) atoms. The Kier molecular flexibility index (Phi) is 4.62. The molecule has 0 unspecified atom stereocenters. The molecule has 2 aromatic rings. The minimum atomic E-state index is -4.42. The molecule has 5 nitrogen and oxygen atoms in total. The van der Waals surface area contributed by atoms with Crippen LogP contribution >= 0.6 is 11.3 Å². The molecule has 0 aromatic carbocycles. The summed E-state index contributed by atoms with van der Waals surface area (Å²) in [5.41, 5.74) is 1.20. The molecule has 3 rings (SSSR count). The number of aromatic nitrogens is 2. The topological polar surface area (TPSA) is 66.9 Å². The molecule has 1 amide bonds. The Morgan fingerprint density at radius 3 is 2.96 bits per heavy atom. The highest BCUT2D eigenvalue weighted by atomic mass is 32.1. The second kappa shape index (κ2) is 6.54. The van der Waals surface area contributed by atoms with Crippen LogP contribution in [0.5, 0.6) is 0 Å². The van der Waals surface area contributed by atoms with Crippen molar-refractivity contribution in [1.29, 1.82) is 0 Å². The second-order valence-electron chi connectivity index (χ2n) is 6.00. The number of thiophene rings is 1. The fraction of sp³-hybridized carbons (Fsp3) is 0.533. The van der Waals surface area contributed by atoms with Crippen molar-refractivity contribution in [2.75, 3.05) is 18.4 Å². The van der Waals surface area contributed by atoms with Gasteiger partial charge in [-0.1, -0.05) is 6.92 Å². The number of rotatable bonds is 4. The van der Waals surface area contributed by atoms with Crippen LogP contribution in [0.15, 0.2) is 6.33 Å². The van der Waals surface area contributed by atoms with Crippen LogP contribution in [-0.4, -0.2) is 35.1 Å². The fourth-order valence-corrected chi connectivity index (χ4v) is 4.18. The molecule has 130 valence electrons. The van der Waals surface area contributed by atoms with E-state index in [9.17, 15) is 18.0 Å². The first-order valence-corrected chi connectivity index (χ1v) is 8.47. The van der Waals surface area contributed by atoms with E-state index in [4.69, 9.17) is 0 Å². The smallest absolute Gasteiger partial charge is 0.360 e. The maximum absolute atomic E-state index is 12.1. The van der Waals surface area contributed by atoms with Gasteiger partial charge in [-0.05, 0) is 30.7 Å². The number of nitrogens with zero attached hydrogens (tertiary/aromatic N) is 2. The van der Waals surface area contributed by atoms with Gasteiger partial charge >= 0.3 is 6.18 Å². The third-order valence-corrected chi connectivity index (χ3v) is 5.16. The van der Waals surface area contributed by atoms with Crippen molar-refractivity contribution in [3.05, 3.63) is 16.8 Å². The standard InChI is InChI=1S/C15H17F3N4OS/c1-8-2-3-9-10(4-8)24-14-12(9)13(21-7-22-14)19-5-11(23)20-6-15(16,17)18/h7-8H,2-6H2,1H3,(H,20,23)(H,19,21,22)/t8-/m0/s1. The predicted octanol–water partition coefficient (Wildman–Crippen LogP) is 2.91. The highest BCUT2D eigenvalue weighted by Crippen LogP contribution is 2.39. The summed E-state index contributed by atoms with van der Waals surface area (Å²) in [6.45, 7) is 0.616. The summed E-state index contributed by atoms with van der Waals surface area (Å²) in [7, 11) is 0. The van der Waals surface area contributed by atoms with E-state index in [1.165, 1.54) is 16.8 Å². The lowest BCUT2D eigenvalue weighted by Gasteiger charge is -2.18. The van der Waals surface area contributed by atoms with Gasteiger partial charge in [-0.2, -0.15) is 13.2 Å². The molecule has 1 aliphatic rings. The Morgan fingerprint density at radius 2 is 2.21 bits per heavy atom. The van der Waals surface area contributed by atoms with Gasteiger partial charge in [0, 0.05) is 4.88 Å². The van der Waals surface area contributed by atoms with E-state index in [0.29, 0.717) is 11.7 Å². The Bertz CT molecular complexity index is 759. The van der Waals surface area contributed by atoms with Crippen molar-refractivity contribution in [3.8, 4) is 0 Å². The van der Waals surface area contributed by atoms with Crippen molar-refractivity contribution in [3.63, 3.8) is 0 Å². The number of amides is 1. The lowest BCUT2D eigenvalue weighted by atomic mass is 9.89. The van der Waals surface area contributed by atoms with E-state index in [0.717, 1.165) is 29.5 Å². The number of carbonyl (C=O) groups excluding carboxylic acids is 1. The van der Waals surface area contributed by atoms with Crippen molar-refractivity contribution < 1.29 is 18.0 Å². The third kappa shape index (κ3) is 3.77. The Morgan fingerprint density at radius 1 is 1.42 bits per heavy atom. The zero-order valence-corrected chi connectivity index (χ0v) is 13.9. The molecule has 9 heteroatoms. The largest absolute Gasteiger partial charge is 0.405 e. The van der Waals surface area contributed by atoms with E-state index in [-0.39, 0.29) is 6.54 Å². The van der Waals surface area contributed by atoms with Gasteiger partial charge in [-0.25, -0.2) is 9.97 Å². The molecule has 2 aromatic heterocycles. The van der Waals surface area contributed by atoms with E-state index >= 15 is 0 Å². The Hall–Kier alpha value is -1.90. The van der Waals surface area contributed by atoms with Crippen molar-refractivity contribution in [2.45, 2.75) is 32.4 Å². The molecule has 0 aliphatic heterocycles. The average Bonchev–Trinajstić information content (AvgIpc) is 2.88. The highest BCUT2D eigenvalue weighted by molar-refractivity contribution is 7.19. The molecule has 0 fully saturated rings. The molecule has 2 N–H and O–H groups in total. The summed E-state index contributed by atoms with van der Waals surface area (Å²) in [6.07, 6.45) is 0.00453. The van der Waals surface area contributed by atoms with Gasteiger partial charge in [0.25, 0.3) is 0 Å². The molecule has 0 bridgehead atoms. The average molecular weight is 358 g/mol. The van der Waals surface area contributed by atoms with Gasteiger partial charge in [0.05, 0.1) is 11.9 Å². The summed E-state index contributed by atoms with van der Waals surface area (Å²) in [4.78, 5) is 22.1. The third-order valence-electron chi connectivity index (χ3n) is 3.99. The Labute approximate surface area is 140 Å². The normalized spacial score (nSPS) is 17.6. The van der Waals surface area contributed by atoms with Crippen LogP contribution in [0.1, 0.15) is 23.8 Å². The van der Waals surface area contributed by atoms with Crippen LogP contribution in [0.3, 0.4) is 0 Å². The van der Waals surface area contributed by atoms with Crippen LogP contribution < -0.4 is 10.6 Å². The van der Waals surface area contributed by atoms with Crippen LogP contribution in [0, 0.1) is 5.92 Å². The van der Waals surface area contributed by atoms with E-state index in [2.05, 4.69) is 22.2 Å². The second-order valence-corrected chi connectivity index (χ2v) is 7.08. The molecule has 1 aliphatic carbocycles. The van der Waals surface area contributed by atoms with E-state index in [1.54, 1.807) is 11.3 Å². The van der Waals surface area contributed by atoms with Crippen LogP contribution in [0.25, 0.3) is 10.2 Å². The van der Waals surface area contributed by atoms with E-state index in [1.807, 2.05) is 5.32 Å². The summed E-state index contributed by atoms with van der Waals surface area (Å²) in [5, 5.41) is 5.58. The lowest BCUT2D eigenvalue weighted by Crippen LogP contribution is -2.37. The van der Waals surface area contributed by atoms with Gasteiger partial charge in [0.15, 0.2) is 0 Å². The number of hydrogen-bond donors (Lipinski definition) is 2. The first kappa shape index (κ1) is 16.9. The zero-order chi connectivity index (χ0) is 17.3. The Balaban J connectivity index is 1.74. The van der Waals surface area contributed by atoms with Crippen molar-refractivity contribution in [1.82, 2.24) is 15.3 Å². The first-order chi connectivity index (χ1) is 11.3. The number of halogens is 3. The summed E-state index contributed by atoms with van der Waals surface area (Å²) in [5.74, 6) is 0.411. The number of anilines is 1. The molecule has 0 radical (unpaired) electrons. The number of aryl methyl sites for hydroxylation is 1. The first-order valence-electron chi connectivity index (χ1n) is 7.66. The maximum Gasteiger partial charge on any atom is 0.405 e. The lowest BCUT2D eigenvalue weighted by molar-refractivity contribution is -0.137. The molecule has 0 saturated heterocycles. The summed E-state index contributed by atoms with van der Waals surface area (Å²) in [6, 6.07) is 0. The van der Waals surface area contributed by atoms with Crippen LogP contribution in [0.2, 0.25) is 0 Å². The van der Waals surface area contributed by atoms with Gasteiger partial charge in [0.2, 0.25) is 5.91 Å². The van der Waals surface area contributed by atoms with Crippen molar-refractivity contribution in [2.24, 2.45) is 5.92 Å². The molecular formula is C15H17F3N4OS.